The molecule has 0 atom stereocenters. The largest absolute Gasteiger partial charge is 0.367 e. The fourth-order valence-electron chi connectivity index (χ4n) is 2.75. The zero-order valence-corrected chi connectivity index (χ0v) is 14.5. The van der Waals surface area contributed by atoms with Crippen LogP contribution in [0.5, 0.6) is 0 Å². The lowest BCUT2D eigenvalue weighted by molar-refractivity contribution is 0.546. The molecule has 2 heterocycles. The van der Waals surface area contributed by atoms with Gasteiger partial charge in [-0.3, -0.25) is 14.3 Å². The standard InChI is InChI=1S/C18H21N5O2/c1-12(2)23-17(24)10-16(21-18(23)25)20-11-14-5-4-6-15(9-14)22-8-7-19-13(22)3/h4-10,12,20H,11H2,1-3H3,(H,21,25). The number of hydrogen-bond acceptors (Lipinski definition) is 4. The van der Waals surface area contributed by atoms with Crippen LogP contribution in [0.15, 0.2) is 52.3 Å². The highest BCUT2D eigenvalue weighted by molar-refractivity contribution is 5.39. The molecule has 7 heteroatoms. The lowest BCUT2D eigenvalue weighted by Gasteiger charge is -2.12. The first-order valence-corrected chi connectivity index (χ1v) is 8.14. The molecule has 0 aliphatic rings. The predicted molar refractivity (Wildman–Crippen MR) is 97.3 cm³/mol. The molecule has 130 valence electrons. The number of rotatable bonds is 5. The predicted octanol–water partition coefficient (Wildman–Crippen LogP) is 2.22. The summed E-state index contributed by atoms with van der Waals surface area (Å²) in [6, 6.07) is 9.21. The number of H-pyrrole nitrogens is 1. The minimum Gasteiger partial charge on any atom is -0.367 e. The third-order valence-corrected chi connectivity index (χ3v) is 3.98. The maximum Gasteiger partial charge on any atom is 0.330 e. The van der Waals surface area contributed by atoms with Crippen LogP contribution in [0, 0.1) is 6.92 Å². The monoisotopic (exact) mass is 339 g/mol. The van der Waals surface area contributed by atoms with Gasteiger partial charge in [0, 0.05) is 36.7 Å². The SMILES string of the molecule is Cc1nccn1-c1cccc(CNc2cc(=O)n(C(C)C)c(=O)[nH]2)c1. The van der Waals surface area contributed by atoms with Gasteiger partial charge in [0.05, 0.1) is 0 Å². The van der Waals surface area contributed by atoms with Gasteiger partial charge in [-0.2, -0.15) is 0 Å². The average molecular weight is 339 g/mol. The van der Waals surface area contributed by atoms with Crippen LogP contribution in [0.1, 0.15) is 31.3 Å². The van der Waals surface area contributed by atoms with Gasteiger partial charge in [0.25, 0.3) is 5.56 Å². The van der Waals surface area contributed by atoms with E-state index in [4.69, 9.17) is 0 Å². The molecule has 3 aromatic rings. The van der Waals surface area contributed by atoms with Gasteiger partial charge >= 0.3 is 5.69 Å². The van der Waals surface area contributed by atoms with E-state index in [0.717, 1.165) is 17.1 Å². The van der Waals surface area contributed by atoms with Crippen LogP contribution in [0.4, 0.5) is 5.82 Å². The second-order valence-electron chi connectivity index (χ2n) is 6.16. The Bertz CT molecular complexity index is 966. The summed E-state index contributed by atoms with van der Waals surface area (Å²) in [6.07, 6.45) is 3.67. The summed E-state index contributed by atoms with van der Waals surface area (Å²) >= 11 is 0. The number of benzene rings is 1. The molecule has 7 nitrogen and oxygen atoms in total. The normalized spacial score (nSPS) is 11.0. The number of aryl methyl sites for hydroxylation is 1. The quantitative estimate of drug-likeness (QED) is 0.746. The van der Waals surface area contributed by atoms with E-state index >= 15 is 0 Å². The number of nitrogens with one attached hydrogen (secondary N) is 2. The molecule has 0 saturated carbocycles. The molecule has 2 N–H and O–H groups in total. The minimum atomic E-state index is -0.409. The maximum atomic E-state index is 12.1. The van der Waals surface area contributed by atoms with Crippen molar-refractivity contribution < 1.29 is 0 Å². The zero-order chi connectivity index (χ0) is 18.0. The van der Waals surface area contributed by atoms with Crippen LogP contribution >= 0.6 is 0 Å². The highest BCUT2D eigenvalue weighted by atomic mass is 16.2. The van der Waals surface area contributed by atoms with Gasteiger partial charge in [-0.15, -0.1) is 0 Å². The third-order valence-electron chi connectivity index (χ3n) is 3.98. The van der Waals surface area contributed by atoms with Crippen molar-refractivity contribution in [3.63, 3.8) is 0 Å². The molecule has 0 amide bonds. The first kappa shape index (κ1) is 16.8. The third kappa shape index (κ3) is 3.55. The molecule has 0 radical (unpaired) electrons. The zero-order valence-electron chi connectivity index (χ0n) is 14.5. The average Bonchev–Trinajstić information content (AvgIpc) is 2.98. The molecule has 0 aliphatic carbocycles. The van der Waals surface area contributed by atoms with E-state index in [9.17, 15) is 9.59 Å². The highest BCUT2D eigenvalue weighted by Crippen LogP contribution is 2.13. The van der Waals surface area contributed by atoms with E-state index in [-0.39, 0.29) is 11.6 Å². The van der Waals surface area contributed by atoms with E-state index in [0.29, 0.717) is 12.4 Å². The highest BCUT2D eigenvalue weighted by Gasteiger charge is 2.07. The second-order valence-corrected chi connectivity index (χ2v) is 6.16. The van der Waals surface area contributed by atoms with Crippen LogP contribution in [-0.2, 0) is 6.54 Å². The molecule has 0 fully saturated rings. The van der Waals surface area contributed by atoms with Crippen LogP contribution in [0.2, 0.25) is 0 Å². The fraction of sp³-hybridized carbons (Fsp3) is 0.278. The number of aromatic amines is 1. The summed E-state index contributed by atoms with van der Waals surface area (Å²) in [5.41, 5.74) is 1.31. The van der Waals surface area contributed by atoms with Gasteiger partial charge in [-0.05, 0) is 38.5 Å². The maximum absolute atomic E-state index is 12.1. The number of hydrogen-bond donors (Lipinski definition) is 2. The van der Waals surface area contributed by atoms with E-state index < -0.39 is 5.69 Å². The van der Waals surface area contributed by atoms with Crippen molar-refractivity contribution >= 4 is 5.82 Å². The number of aromatic nitrogens is 4. The Hall–Kier alpha value is -3.09. The van der Waals surface area contributed by atoms with Gasteiger partial charge in [0.15, 0.2) is 0 Å². The van der Waals surface area contributed by atoms with Crippen molar-refractivity contribution in [3.8, 4) is 5.69 Å². The minimum absolute atomic E-state index is 0.180. The summed E-state index contributed by atoms with van der Waals surface area (Å²) in [4.78, 5) is 31.0. The molecular formula is C18H21N5O2. The topological polar surface area (TPSA) is 84.7 Å². The Morgan fingerprint density at radius 2 is 2.04 bits per heavy atom. The summed E-state index contributed by atoms with van der Waals surface area (Å²) in [5.74, 6) is 1.32. The van der Waals surface area contributed by atoms with Crippen molar-refractivity contribution in [2.45, 2.75) is 33.4 Å². The van der Waals surface area contributed by atoms with E-state index in [1.165, 1.54) is 10.6 Å². The Morgan fingerprint density at radius 3 is 2.68 bits per heavy atom. The molecule has 25 heavy (non-hydrogen) atoms. The van der Waals surface area contributed by atoms with Crippen molar-refractivity contribution in [1.29, 1.82) is 0 Å². The summed E-state index contributed by atoms with van der Waals surface area (Å²) in [7, 11) is 0. The van der Waals surface area contributed by atoms with Gasteiger partial charge < -0.3 is 9.88 Å². The molecular weight excluding hydrogens is 318 g/mol. The number of anilines is 1. The Balaban J connectivity index is 1.80. The summed E-state index contributed by atoms with van der Waals surface area (Å²) in [5, 5.41) is 3.10. The van der Waals surface area contributed by atoms with Crippen molar-refractivity contribution in [2.75, 3.05) is 5.32 Å². The van der Waals surface area contributed by atoms with Crippen molar-refractivity contribution in [2.24, 2.45) is 0 Å². The second kappa shape index (κ2) is 6.80. The molecule has 0 saturated heterocycles. The van der Waals surface area contributed by atoms with Crippen LogP contribution < -0.4 is 16.6 Å². The summed E-state index contributed by atoms with van der Waals surface area (Å²) in [6.45, 7) is 6.03. The smallest absolute Gasteiger partial charge is 0.330 e. The molecule has 0 aliphatic heterocycles. The van der Waals surface area contributed by atoms with E-state index in [1.54, 1.807) is 20.0 Å². The Labute approximate surface area is 145 Å². The number of nitrogens with zero attached hydrogens (tertiary/aromatic N) is 3. The first-order valence-electron chi connectivity index (χ1n) is 8.14. The van der Waals surface area contributed by atoms with Gasteiger partial charge in [0.1, 0.15) is 11.6 Å². The van der Waals surface area contributed by atoms with E-state index in [1.807, 2.05) is 42.0 Å². The lowest BCUT2D eigenvalue weighted by Crippen LogP contribution is -2.36. The Kier molecular flexibility index (Phi) is 4.56. The molecule has 0 unspecified atom stereocenters. The Morgan fingerprint density at radius 1 is 1.24 bits per heavy atom. The van der Waals surface area contributed by atoms with Crippen molar-refractivity contribution in [1.82, 2.24) is 19.1 Å². The van der Waals surface area contributed by atoms with Crippen LogP contribution in [-0.4, -0.2) is 19.1 Å². The van der Waals surface area contributed by atoms with Crippen molar-refractivity contribution in [3.05, 3.63) is 75.0 Å². The fourth-order valence-corrected chi connectivity index (χ4v) is 2.75. The summed E-state index contributed by atoms with van der Waals surface area (Å²) < 4.78 is 3.18. The molecule has 0 bridgehead atoms. The molecule has 2 aromatic heterocycles. The van der Waals surface area contributed by atoms with Gasteiger partial charge in [-0.25, -0.2) is 9.78 Å². The van der Waals surface area contributed by atoms with Crippen LogP contribution in [0.25, 0.3) is 5.69 Å². The molecule has 0 spiro atoms. The molecule has 1 aromatic carbocycles. The van der Waals surface area contributed by atoms with Gasteiger partial charge in [0.2, 0.25) is 0 Å². The lowest BCUT2D eigenvalue weighted by atomic mass is 10.2. The number of imidazole rings is 1. The first-order chi connectivity index (χ1) is 12.0. The van der Waals surface area contributed by atoms with Gasteiger partial charge in [-0.1, -0.05) is 12.1 Å². The van der Waals surface area contributed by atoms with E-state index in [2.05, 4.69) is 15.3 Å². The van der Waals surface area contributed by atoms with Crippen LogP contribution in [0.3, 0.4) is 0 Å². The molecule has 3 rings (SSSR count).